The van der Waals surface area contributed by atoms with Gasteiger partial charge in [-0.05, 0) is 0 Å². The Hall–Kier alpha value is -0.510. The van der Waals surface area contributed by atoms with Gasteiger partial charge in [0.1, 0.15) is 0 Å². The molecule has 4 nitrogen and oxygen atoms in total. The molecule has 0 aromatic heterocycles. The lowest BCUT2D eigenvalue weighted by atomic mass is 10.5. The van der Waals surface area contributed by atoms with Gasteiger partial charge in [-0.2, -0.15) is 5.26 Å². The van der Waals surface area contributed by atoms with Gasteiger partial charge in [-0.3, -0.25) is 4.99 Å². The predicted molar refractivity (Wildman–Crippen MR) is 55.8 cm³/mol. The molecule has 0 unspecified atom stereocenters. The molecule has 0 heterocycles. The van der Waals surface area contributed by atoms with Crippen LogP contribution in [0.4, 0.5) is 0 Å². The molecule has 0 fully saturated rings. The van der Waals surface area contributed by atoms with Crippen LogP contribution in [0.2, 0.25) is 0 Å². The number of aliphatic imine (C=N–C) groups is 1. The molecule has 0 aliphatic carbocycles. The largest absolute Gasteiger partial charge is 0.370 e. The average molecular weight is 268 g/mol. The van der Waals surface area contributed by atoms with Gasteiger partial charge in [-0.15, -0.1) is 24.0 Å². The van der Waals surface area contributed by atoms with Crippen LogP contribution in [0.1, 0.15) is 6.42 Å². The molecule has 0 amide bonds. The van der Waals surface area contributed by atoms with Crippen molar-refractivity contribution in [2.24, 2.45) is 10.7 Å². The van der Waals surface area contributed by atoms with Gasteiger partial charge in [-0.1, -0.05) is 0 Å². The summed E-state index contributed by atoms with van der Waals surface area (Å²) < 4.78 is 0. The summed E-state index contributed by atoms with van der Waals surface area (Å²) in [6.45, 7) is 0.487. The maximum absolute atomic E-state index is 8.14. The molecule has 5 heteroatoms. The first-order valence-electron chi connectivity index (χ1n) is 3.02. The molecule has 0 rings (SSSR count). The van der Waals surface area contributed by atoms with E-state index < -0.39 is 0 Å². The van der Waals surface area contributed by atoms with Crippen molar-refractivity contribution in [1.29, 1.82) is 5.26 Å². The summed E-state index contributed by atoms with van der Waals surface area (Å²) in [5.41, 5.74) is 5.42. The number of hydrogen-bond donors (Lipinski definition) is 1. The Kier molecular flexibility index (Phi) is 9.05. The van der Waals surface area contributed by atoms with Gasteiger partial charge in [0.2, 0.25) is 0 Å². The van der Waals surface area contributed by atoms with Crippen molar-refractivity contribution in [2.45, 2.75) is 6.42 Å². The van der Waals surface area contributed by atoms with E-state index in [1.165, 1.54) is 0 Å². The third-order valence-electron chi connectivity index (χ3n) is 0.956. The van der Waals surface area contributed by atoms with Gasteiger partial charge >= 0.3 is 0 Å². The standard InChI is InChI=1S/C6H12N4.HI/c1-10(2)6(8)9-5-3-4-7;/h3,5H2,1-2H3,(H2,8,9);1H. The topological polar surface area (TPSA) is 65.4 Å². The maximum atomic E-state index is 8.14. The van der Waals surface area contributed by atoms with Crippen molar-refractivity contribution in [3.63, 3.8) is 0 Å². The van der Waals surface area contributed by atoms with Crippen molar-refractivity contribution < 1.29 is 0 Å². The van der Waals surface area contributed by atoms with Crippen LogP contribution in [0.15, 0.2) is 4.99 Å². The van der Waals surface area contributed by atoms with E-state index in [9.17, 15) is 0 Å². The molecule has 0 aliphatic rings. The van der Waals surface area contributed by atoms with Gasteiger partial charge in [-0.25, -0.2) is 0 Å². The van der Waals surface area contributed by atoms with Crippen LogP contribution in [-0.4, -0.2) is 31.5 Å². The molecular formula is C6H13IN4. The van der Waals surface area contributed by atoms with Gasteiger partial charge in [0, 0.05) is 14.1 Å². The molecule has 0 aromatic rings. The highest BCUT2D eigenvalue weighted by molar-refractivity contribution is 14.0. The van der Waals surface area contributed by atoms with Gasteiger partial charge in [0.15, 0.2) is 5.96 Å². The van der Waals surface area contributed by atoms with Crippen molar-refractivity contribution in [1.82, 2.24) is 4.90 Å². The number of nitrogens with zero attached hydrogens (tertiary/aromatic N) is 3. The average Bonchev–Trinajstić information content (AvgIpc) is 1.88. The molecule has 0 aliphatic heterocycles. The molecule has 0 bridgehead atoms. The third kappa shape index (κ3) is 7.39. The minimum atomic E-state index is 0. The van der Waals surface area contributed by atoms with Crippen LogP contribution in [0.3, 0.4) is 0 Å². The lowest BCUT2D eigenvalue weighted by Crippen LogP contribution is -2.30. The minimum Gasteiger partial charge on any atom is -0.370 e. The Morgan fingerprint density at radius 1 is 1.64 bits per heavy atom. The second-order valence-electron chi connectivity index (χ2n) is 2.04. The number of nitriles is 1. The van der Waals surface area contributed by atoms with E-state index in [2.05, 4.69) is 4.99 Å². The van der Waals surface area contributed by atoms with E-state index in [1.54, 1.807) is 4.90 Å². The molecule has 0 atom stereocenters. The summed E-state index contributed by atoms with van der Waals surface area (Å²) in [5.74, 6) is 0.468. The molecule has 0 radical (unpaired) electrons. The molecule has 0 saturated carbocycles. The number of rotatable bonds is 2. The molecular weight excluding hydrogens is 255 g/mol. The Labute approximate surface area is 84.1 Å². The van der Waals surface area contributed by atoms with Crippen LogP contribution < -0.4 is 5.73 Å². The number of hydrogen-bond acceptors (Lipinski definition) is 2. The van der Waals surface area contributed by atoms with Crippen LogP contribution in [0, 0.1) is 11.3 Å². The zero-order valence-corrected chi connectivity index (χ0v) is 9.07. The van der Waals surface area contributed by atoms with E-state index in [4.69, 9.17) is 11.0 Å². The molecule has 2 N–H and O–H groups in total. The number of nitrogens with two attached hydrogens (primary N) is 1. The third-order valence-corrected chi connectivity index (χ3v) is 0.956. The van der Waals surface area contributed by atoms with E-state index in [0.29, 0.717) is 18.9 Å². The molecule has 11 heavy (non-hydrogen) atoms. The van der Waals surface area contributed by atoms with Gasteiger partial charge in [0.25, 0.3) is 0 Å². The fourth-order valence-corrected chi connectivity index (χ4v) is 0.362. The summed E-state index contributed by atoms with van der Waals surface area (Å²) in [6, 6.07) is 1.98. The van der Waals surface area contributed by atoms with Crippen LogP contribution in [-0.2, 0) is 0 Å². The predicted octanol–water partition coefficient (Wildman–Crippen LogP) is 0.394. The lowest BCUT2D eigenvalue weighted by Gasteiger charge is -2.09. The molecule has 0 aromatic carbocycles. The van der Waals surface area contributed by atoms with E-state index in [1.807, 2.05) is 20.2 Å². The SMILES string of the molecule is CN(C)C(N)=NCCC#N.I. The Balaban J connectivity index is 0. The summed E-state index contributed by atoms with van der Waals surface area (Å²) in [7, 11) is 3.62. The monoisotopic (exact) mass is 268 g/mol. The lowest BCUT2D eigenvalue weighted by molar-refractivity contribution is 0.609. The number of halogens is 1. The van der Waals surface area contributed by atoms with E-state index in [0.717, 1.165) is 0 Å². The van der Waals surface area contributed by atoms with Crippen molar-refractivity contribution >= 4 is 29.9 Å². The van der Waals surface area contributed by atoms with Gasteiger partial charge < -0.3 is 10.6 Å². The highest BCUT2D eigenvalue weighted by atomic mass is 127. The van der Waals surface area contributed by atoms with Gasteiger partial charge in [0.05, 0.1) is 19.0 Å². The summed E-state index contributed by atoms with van der Waals surface area (Å²) >= 11 is 0. The normalized spacial score (nSPS) is 9.73. The van der Waals surface area contributed by atoms with Crippen LogP contribution in [0.5, 0.6) is 0 Å². The summed E-state index contributed by atoms with van der Waals surface area (Å²) in [5, 5.41) is 8.14. The van der Waals surface area contributed by atoms with E-state index in [-0.39, 0.29) is 24.0 Å². The second-order valence-corrected chi connectivity index (χ2v) is 2.04. The minimum absolute atomic E-state index is 0. The molecule has 0 saturated heterocycles. The zero-order valence-electron chi connectivity index (χ0n) is 6.74. The van der Waals surface area contributed by atoms with Crippen molar-refractivity contribution in [3.05, 3.63) is 0 Å². The second kappa shape index (κ2) is 7.60. The highest BCUT2D eigenvalue weighted by Gasteiger charge is 1.90. The smallest absolute Gasteiger partial charge is 0.190 e. The quantitative estimate of drug-likeness (QED) is 0.341. The Morgan fingerprint density at radius 2 is 2.18 bits per heavy atom. The maximum Gasteiger partial charge on any atom is 0.190 e. The number of guanidine groups is 1. The fourth-order valence-electron chi connectivity index (χ4n) is 0.362. The van der Waals surface area contributed by atoms with E-state index >= 15 is 0 Å². The van der Waals surface area contributed by atoms with Crippen LogP contribution >= 0.6 is 24.0 Å². The van der Waals surface area contributed by atoms with Crippen molar-refractivity contribution in [3.8, 4) is 6.07 Å². The molecule has 64 valence electrons. The van der Waals surface area contributed by atoms with Crippen LogP contribution in [0.25, 0.3) is 0 Å². The first kappa shape index (κ1) is 13.1. The van der Waals surface area contributed by atoms with Crippen molar-refractivity contribution in [2.75, 3.05) is 20.6 Å². The summed E-state index contributed by atoms with van der Waals surface area (Å²) in [4.78, 5) is 5.62. The Bertz CT molecular complexity index is 158. The summed E-state index contributed by atoms with van der Waals surface area (Å²) in [6.07, 6.45) is 0.425. The fraction of sp³-hybridized carbons (Fsp3) is 0.667. The Morgan fingerprint density at radius 3 is 2.55 bits per heavy atom. The molecule has 0 spiro atoms. The highest BCUT2D eigenvalue weighted by Crippen LogP contribution is 1.80. The first-order chi connectivity index (χ1) is 4.68. The zero-order chi connectivity index (χ0) is 7.98. The first-order valence-corrected chi connectivity index (χ1v) is 3.02.